The van der Waals surface area contributed by atoms with Crippen LogP contribution in [0.2, 0.25) is 0 Å². The minimum atomic E-state index is -0.638. The number of hydrogen-bond acceptors (Lipinski definition) is 5. The molecule has 0 fully saturated rings. The highest BCUT2D eigenvalue weighted by Crippen LogP contribution is 2.07. The van der Waals surface area contributed by atoms with Crippen LogP contribution in [0.4, 0.5) is 10.6 Å². The summed E-state index contributed by atoms with van der Waals surface area (Å²) in [7, 11) is 0. The maximum Gasteiger partial charge on any atom is 0.412 e. The Kier molecular flexibility index (Phi) is 2.54. The molecule has 0 radical (unpaired) electrons. The van der Waals surface area contributed by atoms with Crippen molar-refractivity contribution in [2.24, 2.45) is 0 Å². The monoisotopic (exact) mass is 223 g/mol. The first-order valence-electron chi connectivity index (χ1n) is 4.58. The zero-order valence-electron chi connectivity index (χ0n) is 8.40. The van der Waals surface area contributed by atoms with Crippen LogP contribution in [0.25, 0.3) is 11.0 Å². The zero-order chi connectivity index (χ0) is 11.5. The molecule has 0 saturated heterocycles. The van der Waals surface area contributed by atoms with E-state index in [0.29, 0.717) is 5.52 Å². The van der Waals surface area contributed by atoms with Crippen LogP contribution in [-0.4, -0.2) is 33.1 Å². The van der Waals surface area contributed by atoms with Gasteiger partial charge in [-0.3, -0.25) is 10.1 Å². The predicted molar refractivity (Wildman–Crippen MR) is 55.2 cm³/mol. The molecule has 2 aromatic rings. The summed E-state index contributed by atoms with van der Waals surface area (Å²) in [6.45, 7) is 1.94. The molecule has 0 aliphatic carbocycles. The van der Waals surface area contributed by atoms with Crippen LogP contribution in [-0.2, 0) is 4.74 Å². The lowest BCUT2D eigenvalue weighted by molar-refractivity contribution is 0.168. The molecule has 0 unspecified atom stereocenters. The average Bonchev–Trinajstić information content (AvgIpc) is 2.66. The Morgan fingerprint density at radius 3 is 3.12 bits per heavy atom. The Bertz CT molecular complexity index is 572. The number of ether oxygens (including phenoxy) is 1. The Hall–Kier alpha value is -2.38. The molecule has 0 aliphatic heterocycles. The van der Waals surface area contributed by atoms with Gasteiger partial charge in [-0.25, -0.2) is 4.79 Å². The molecular weight excluding hydrogens is 214 g/mol. The topological polar surface area (TPSA) is 113 Å². The summed E-state index contributed by atoms with van der Waals surface area (Å²) in [6.07, 6.45) is -0.638. The van der Waals surface area contributed by atoms with Crippen LogP contribution in [0.15, 0.2) is 10.9 Å². The van der Waals surface area contributed by atoms with Gasteiger partial charge in [-0.05, 0) is 6.92 Å². The quantitative estimate of drug-likeness (QED) is 0.673. The van der Waals surface area contributed by atoms with Gasteiger partial charge in [-0.15, -0.1) is 0 Å². The van der Waals surface area contributed by atoms with E-state index in [9.17, 15) is 9.59 Å². The minimum Gasteiger partial charge on any atom is -0.450 e. The fraction of sp³-hybridized carbons (Fsp3) is 0.250. The molecule has 2 aromatic heterocycles. The van der Waals surface area contributed by atoms with Gasteiger partial charge in [-0.2, -0.15) is 15.4 Å². The van der Waals surface area contributed by atoms with Gasteiger partial charge >= 0.3 is 6.09 Å². The molecule has 1 amide bonds. The third-order valence-electron chi connectivity index (χ3n) is 1.83. The summed E-state index contributed by atoms with van der Waals surface area (Å²) in [5.74, 6) is 0.213. The second-order valence-corrected chi connectivity index (χ2v) is 2.92. The fourth-order valence-electron chi connectivity index (χ4n) is 1.21. The van der Waals surface area contributed by atoms with Crippen LogP contribution in [0.1, 0.15) is 6.92 Å². The minimum absolute atomic E-state index is 0.189. The van der Waals surface area contributed by atoms with Gasteiger partial charge in [0.2, 0.25) is 0 Å². The summed E-state index contributed by atoms with van der Waals surface area (Å²) in [4.78, 5) is 25.0. The summed E-state index contributed by atoms with van der Waals surface area (Å²) >= 11 is 0. The number of aromatic amines is 2. The molecule has 0 saturated carbocycles. The van der Waals surface area contributed by atoms with E-state index in [-0.39, 0.29) is 17.9 Å². The third kappa shape index (κ3) is 1.85. The number of fused-ring (bicyclic) bond motifs is 1. The first kappa shape index (κ1) is 10.1. The number of anilines is 1. The predicted octanol–water partition coefficient (Wildman–Crippen LogP) is 0.215. The van der Waals surface area contributed by atoms with Crippen molar-refractivity contribution < 1.29 is 9.53 Å². The molecule has 0 bridgehead atoms. The van der Waals surface area contributed by atoms with Gasteiger partial charge in [0.1, 0.15) is 11.3 Å². The van der Waals surface area contributed by atoms with Gasteiger partial charge in [-0.1, -0.05) is 0 Å². The number of nitrogens with one attached hydrogen (secondary N) is 3. The number of pyridine rings is 1. The Morgan fingerprint density at radius 2 is 2.38 bits per heavy atom. The summed E-state index contributed by atoms with van der Waals surface area (Å²) in [5.41, 5.74) is 0.128. The van der Waals surface area contributed by atoms with E-state index in [1.807, 2.05) is 0 Å². The molecule has 0 aromatic carbocycles. The van der Waals surface area contributed by atoms with E-state index in [0.717, 1.165) is 0 Å². The third-order valence-corrected chi connectivity index (χ3v) is 1.83. The standard InChI is InChI=1S/C8H9N5O3/c1-2-16-8(15)10-5-3-4-6(7(14)9-5)12-13-11-4/h3H,2H2,1H3,(H,11,12,13)(H2,9,10,14,15). The molecule has 0 atom stereocenters. The van der Waals surface area contributed by atoms with E-state index in [1.165, 1.54) is 6.07 Å². The second kappa shape index (κ2) is 4.01. The normalized spacial score (nSPS) is 10.3. The maximum absolute atomic E-state index is 11.4. The van der Waals surface area contributed by atoms with E-state index >= 15 is 0 Å². The highest BCUT2D eigenvalue weighted by atomic mass is 16.5. The van der Waals surface area contributed by atoms with E-state index < -0.39 is 11.7 Å². The molecule has 2 rings (SSSR count). The summed E-state index contributed by atoms with van der Waals surface area (Å²) in [6, 6.07) is 1.48. The average molecular weight is 223 g/mol. The van der Waals surface area contributed by atoms with Crippen LogP contribution in [0.3, 0.4) is 0 Å². The smallest absolute Gasteiger partial charge is 0.412 e. The summed E-state index contributed by atoms with van der Waals surface area (Å²) in [5, 5.41) is 12.1. The molecule has 16 heavy (non-hydrogen) atoms. The second-order valence-electron chi connectivity index (χ2n) is 2.92. The van der Waals surface area contributed by atoms with Gasteiger partial charge in [0.15, 0.2) is 5.52 Å². The zero-order valence-corrected chi connectivity index (χ0v) is 8.40. The maximum atomic E-state index is 11.4. The van der Waals surface area contributed by atoms with Gasteiger partial charge in [0.05, 0.1) is 6.61 Å². The number of aromatic nitrogens is 4. The molecule has 8 nitrogen and oxygen atoms in total. The lowest BCUT2D eigenvalue weighted by Gasteiger charge is -2.03. The highest BCUT2D eigenvalue weighted by molar-refractivity contribution is 5.86. The Balaban J connectivity index is 2.31. The molecule has 2 heterocycles. The summed E-state index contributed by atoms with van der Waals surface area (Å²) < 4.78 is 4.66. The van der Waals surface area contributed by atoms with Crippen molar-refractivity contribution in [1.82, 2.24) is 20.4 Å². The highest BCUT2D eigenvalue weighted by Gasteiger charge is 2.08. The Labute approximate surface area is 89.0 Å². The number of carbonyl (C=O) groups is 1. The van der Waals surface area contributed by atoms with Crippen molar-refractivity contribution >= 4 is 22.9 Å². The van der Waals surface area contributed by atoms with Crippen LogP contribution < -0.4 is 10.9 Å². The lowest BCUT2D eigenvalue weighted by atomic mass is 10.4. The molecule has 0 spiro atoms. The van der Waals surface area contributed by atoms with Crippen molar-refractivity contribution in [2.45, 2.75) is 6.92 Å². The van der Waals surface area contributed by atoms with Crippen LogP contribution in [0.5, 0.6) is 0 Å². The lowest BCUT2D eigenvalue weighted by Crippen LogP contribution is -2.17. The Morgan fingerprint density at radius 1 is 1.56 bits per heavy atom. The number of nitrogens with zero attached hydrogens (tertiary/aromatic N) is 2. The first-order valence-corrected chi connectivity index (χ1v) is 4.58. The van der Waals surface area contributed by atoms with Gasteiger partial charge < -0.3 is 9.72 Å². The number of rotatable bonds is 2. The number of H-pyrrole nitrogens is 2. The van der Waals surface area contributed by atoms with Crippen molar-refractivity contribution in [3.05, 3.63) is 16.4 Å². The van der Waals surface area contributed by atoms with E-state index in [1.54, 1.807) is 6.92 Å². The first-order chi connectivity index (χ1) is 7.70. The van der Waals surface area contributed by atoms with E-state index in [2.05, 4.69) is 30.4 Å². The van der Waals surface area contributed by atoms with Crippen molar-refractivity contribution in [3.8, 4) is 0 Å². The SMILES string of the molecule is CCOC(=O)Nc1cc2n[nH]nc2c(=O)[nH]1. The largest absolute Gasteiger partial charge is 0.450 e. The number of hydrogen-bond donors (Lipinski definition) is 3. The van der Waals surface area contributed by atoms with Crippen LogP contribution in [0, 0.1) is 0 Å². The molecular formula is C8H9N5O3. The number of amides is 1. The van der Waals surface area contributed by atoms with Crippen molar-refractivity contribution in [2.75, 3.05) is 11.9 Å². The van der Waals surface area contributed by atoms with Crippen molar-refractivity contribution in [1.29, 1.82) is 0 Å². The molecule has 0 aliphatic rings. The molecule has 84 valence electrons. The van der Waals surface area contributed by atoms with Gasteiger partial charge in [0.25, 0.3) is 5.56 Å². The fourth-order valence-corrected chi connectivity index (χ4v) is 1.21. The van der Waals surface area contributed by atoms with Gasteiger partial charge in [0, 0.05) is 6.07 Å². The van der Waals surface area contributed by atoms with Crippen LogP contribution >= 0.6 is 0 Å². The molecule has 8 heteroatoms. The molecule has 3 N–H and O–H groups in total. The number of carbonyl (C=O) groups excluding carboxylic acids is 1. The van der Waals surface area contributed by atoms with Crippen molar-refractivity contribution in [3.63, 3.8) is 0 Å². The van der Waals surface area contributed by atoms with E-state index in [4.69, 9.17) is 0 Å².